The summed E-state index contributed by atoms with van der Waals surface area (Å²) in [6, 6.07) is 0. The van der Waals surface area contributed by atoms with Crippen LogP contribution in [0, 0.1) is 0 Å². The number of carbonyl (C=O) groups excluding carboxylic acids is 1. The highest BCUT2D eigenvalue weighted by atomic mass is 32.1. The van der Waals surface area contributed by atoms with E-state index in [4.69, 9.17) is 4.74 Å². The van der Waals surface area contributed by atoms with Gasteiger partial charge in [0.05, 0.1) is 17.7 Å². The second-order valence-electron chi connectivity index (χ2n) is 4.04. The van der Waals surface area contributed by atoms with Crippen molar-refractivity contribution in [2.24, 2.45) is 0 Å². The fraction of sp³-hybridized carbons (Fsp3) is 0.600. The van der Waals surface area contributed by atoms with Gasteiger partial charge < -0.3 is 10.1 Å². The highest BCUT2D eigenvalue weighted by molar-refractivity contribution is 7.07. The molecule has 0 bridgehead atoms. The van der Waals surface area contributed by atoms with Gasteiger partial charge in [0.1, 0.15) is 5.69 Å². The molecule has 82 valence electrons. The van der Waals surface area contributed by atoms with Gasteiger partial charge in [0.25, 0.3) is 5.91 Å². The van der Waals surface area contributed by atoms with Gasteiger partial charge in [-0.1, -0.05) is 0 Å². The molecule has 0 saturated carbocycles. The molecule has 1 unspecified atom stereocenters. The zero-order valence-electron chi connectivity index (χ0n) is 8.66. The summed E-state index contributed by atoms with van der Waals surface area (Å²) >= 11 is 1.43. The fourth-order valence-corrected chi connectivity index (χ4v) is 2.23. The molecule has 2 rings (SSSR count). The van der Waals surface area contributed by atoms with E-state index in [-0.39, 0.29) is 11.4 Å². The summed E-state index contributed by atoms with van der Waals surface area (Å²) in [6.07, 6.45) is 1.96. The third-order valence-corrected chi connectivity index (χ3v) is 3.10. The van der Waals surface area contributed by atoms with Crippen LogP contribution in [0.5, 0.6) is 0 Å². The summed E-state index contributed by atoms with van der Waals surface area (Å²) in [5, 5.41) is 4.73. The molecule has 0 aliphatic carbocycles. The lowest BCUT2D eigenvalue weighted by molar-refractivity contribution is 0.0271. The predicted octanol–water partition coefficient (Wildman–Crippen LogP) is 1.44. The minimum atomic E-state index is -0.237. The summed E-state index contributed by atoms with van der Waals surface area (Å²) in [6.45, 7) is 3.39. The van der Waals surface area contributed by atoms with E-state index in [0.717, 1.165) is 19.4 Å². The van der Waals surface area contributed by atoms with Crippen molar-refractivity contribution in [3.8, 4) is 0 Å². The molecule has 4 nitrogen and oxygen atoms in total. The van der Waals surface area contributed by atoms with Gasteiger partial charge in [0.15, 0.2) is 0 Å². The van der Waals surface area contributed by atoms with Crippen LogP contribution in [0.2, 0.25) is 0 Å². The molecular formula is C10H14N2O2S. The molecule has 1 N–H and O–H groups in total. The highest BCUT2D eigenvalue weighted by Gasteiger charge is 2.29. The summed E-state index contributed by atoms with van der Waals surface area (Å²) in [4.78, 5) is 15.7. The third-order valence-electron chi connectivity index (χ3n) is 2.52. The molecule has 1 amide bonds. The first kappa shape index (κ1) is 10.6. The van der Waals surface area contributed by atoms with Gasteiger partial charge in [-0.05, 0) is 19.8 Å². The Bertz CT molecular complexity index is 331. The maximum Gasteiger partial charge on any atom is 0.271 e. The zero-order chi connectivity index (χ0) is 10.7. The zero-order valence-corrected chi connectivity index (χ0v) is 9.47. The Hall–Kier alpha value is -0.940. The molecule has 15 heavy (non-hydrogen) atoms. The van der Waals surface area contributed by atoms with Crippen LogP contribution in [-0.2, 0) is 4.74 Å². The molecule has 5 heteroatoms. The monoisotopic (exact) mass is 226 g/mol. The van der Waals surface area contributed by atoms with Gasteiger partial charge in [0.2, 0.25) is 0 Å². The first-order chi connectivity index (χ1) is 7.20. The van der Waals surface area contributed by atoms with Crippen molar-refractivity contribution in [2.45, 2.75) is 25.3 Å². The number of thiazole rings is 1. The number of aromatic nitrogens is 1. The van der Waals surface area contributed by atoms with Crippen molar-refractivity contribution in [3.63, 3.8) is 0 Å². The number of hydrogen-bond donors (Lipinski definition) is 1. The van der Waals surface area contributed by atoms with Crippen LogP contribution < -0.4 is 5.32 Å². The molecule has 1 fully saturated rings. The molecule has 1 aliphatic heterocycles. The number of carbonyl (C=O) groups is 1. The molecule has 1 aliphatic rings. The van der Waals surface area contributed by atoms with Crippen molar-refractivity contribution in [3.05, 3.63) is 16.6 Å². The van der Waals surface area contributed by atoms with Gasteiger partial charge in [-0.2, -0.15) is 0 Å². The molecule has 1 aromatic rings. The van der Waals surface area contributed by atoms with Crippen LogP contribution in [0.1, 0.15) is 30.3 Å². The second kappa shape index (κ2) is 4.28. The van der Waals surface area contributed by atoms with E-state index in [0.29, 0.717) is 12.3 Å². The minimum Gasteiger partial charge on any atom is -0.379 e. The summed E-state index contributed by atoms with van der Waals surface area (Å²) in [5.74, 6) is -0.107. The van der Waals surface area contributed by atoms with Crippen LogP contribution in [-0.4, -0.2) is 29.6 Å². The largest absolute Gasteiger partial charge is 0.379 e. The first-order valence-corrected chi connectivity index (χ1v) is 5.92. The summed E-state index contributed by atoms with van der Waals surface area (Å²) < 4.78 is 5.37. The number of nitrogens with zero attached hydrogens (tertiary/aromatic N) is 1. The van der Waals surface area contributed by atoms with Gasteiger partial charge in [-0.25, -0.2) is 4.98 Å². The Labute approximate surface area is 92.7 Å². The van der Waals surface area contributed by atoms with E-state index < -0.39 is 0 Å². The lowest BCUT2D eigenvalue weighted by atomic mass is 9.95. The third kappa shape index (κ3) is 2.54. The Kier molecular flexibility index (Phi) is 3.02. The topological polar surface area (TPSA) is 51.2 Å². The second-order valence-corrected chi connectivity index (χ2v) is 4.76. The van der Waals surface area contributed by atoms with E-state index >= 15 is 0 Å². The van der Waals surface area contributed by atoms with Crippen LogP contribution in [0.4, 0.5) is 0 Å². The average Bonchev–Trinajstić information content (AvgIpc) is 2.70. The summed E-state index contributed by atoms with van der Waals surface area (Å²) in [5.41, 5.74) is 1.92. The average molecular weight is 226 g/mol. The van der Waals surface area contributed by atoms with E-state index in [1.807, 2.05) is 6.92 Å². The number of ether oxygens (including phenoxy) is 1. The van der Waals surface area contributed by atoms with E-state index in [1.165, 1.54) is 11.3 Å². The van der Waals surface area contributed by atoms with Crippen LogP contribution in [0.3, 0.4) is 0 Å². The predicted molar refractivity (Wildman–Crippen MR) is 58.0 cm³/mol. The molecule has 0 spiro atoms. The highest BCUT2D eigenvalue weighted by Crippen LogP contribution is 2.18. The van der Waals surface area contributed by atoms with Crippen LogP contribution >= 0.6 is 11.3 Å². The van der Waals surface area contributed by atoms with E-state index in [2.05, 4.69) is 10.3 Å². The van der Waals surface area contributed by atoms with Crippen molar-refractivity contribution in [1.82, 2.24) is 10.3 Å². The SMILES string of the molecule is CC1(NC(=O)c2cscn2)CCCOC1. The number of hydrogen-bond acceptors (Lipinski definition) is 4. The Balaban J connectivity index is 1.98. The van der Waals surface area contributed by atoms with Gasteiger partial charge in [-0.3, -0.25) is 4.79 Å². The molecule has 0 radical (unpaired) electrons. The number of rotatable bonds is 2. The summed E-state index contributed by atoms with van der Waals surface area (Å²) in [7, 11) is 0. The maximum atomic E-state index is 11.8. The standard InChI is InChI=1S/C10H14N2O2S/c1-10(3-2-4-14-6-10)12-9(13)8-5-15-7-11-8/h5,7H,2-4,6H2,1H3,(H,12,13). The molecule has 2 heterocycles. The lowest BCUT2D eigenvalue weighted by Crippen LogP contribution is -2.51. The molecule has 1 saturated heterocycles. The van der Waals surface area contributed by atoms with Crippen LogP contribution in [0.15, 0.2) is 10.9 Å². The van der Waals surface area contributed by atoms with Crippen molar-refractivity contribution >= 4 is 17.2 Å². The number of amides is 1. The molecule has 0 aromatic carbocycles. The van der Waals surface area contributed by atoms with Crippen molar-refractivity contribution in [2.75, 3.05) is 13.2 Å². The maximum absolute atomic E-state index is 11.8. The van der Waals surface area contributed by atoms with Crippen molar-refractivity contribution < 1.29 is 9.53 Å². The van der Waals surface area contributed by atoms with Crippen LogP contribution in [0.25, 0.3) is 0 Å². The molecular weight excluding hydrogens is 212 g/mol. The Morgan fingerprint density at radius 3 is 3.20 bits per heavy atom. The molecule has 1 aromatic heterocycles. The lowest BCUT2D eigenvalue weighted by Gasteiger charge is -2.34. The Morgan fingerprint density at radius 2 is 2.60 bits per heavy atom. The normalized spacial score (nSPS) is 26.2. The van der Waals surface area contributed by atoms with E-state index in [1.54, 1.807) is 10.9 Å². The van der Waals surface area contributed by atoms with Gasteiger partial charge >= 0.3 is 0 Å². The fourth-order valence-electron chi connectivity index (χ4n) is 1.70. The quantitative estimate of drug-likeness (QED) is 0.830. The minimum absolute atomic E-state index is 0.107. The Morgan fingerprint density at radius 1 is 1.73 bits per heavy atom. The van der Waals surface area contributed by atoms with Crippen molar-refractivity contribution in [1.29, 1.82) is 0 Å². The van der Waals surface area contributed by atoms with E-state index in [9.17, 15) is 4.79 Å². The van der Waals surface area contributed by atoms with Gasteiger partial charge in [-0.15, -0.1) is 11.3 Å². The molecule has 1 atom stereocenters. The van der Waals surface area contributed by atoms with Gasteiger partial charge in [0, 0.05) is 12.0 Å². The first-order valence-electron chi connectivity index (χ1n) is 4.98. The number of nitrogens with one attached hydrogen (secondary N) is 1. The smallest absolute Gasteiger partial charge is 0.271 e.